The summed E-state index contributed by atoms with van der Waals surface area (Å²) in [7, 11) is 0. The standard InChI is InChI=1S/C50H72F2O/c1-3-5-7-9-37-11-15-39(16-12-37)41-19-23-43(24-20-41)47-29-27-45(49(51)35-47)31-33-53-34-32-46-28-30-48(36-50(46)52)44-25-21-42(22-26-44)40-17-13-38(14-18-40)10-8-6-4-2/h3-4,27-30,35-44H,1-2,5-26,31-34H2. The molecular weight excluding hydrogens is 655 g/mol. The zero-order valence-electron chi connectivity index (χ0n) is 33.2. The van der Waals surface area contributed by atoms with Crippen LogP contribution < -0.4 is 0 Å². The molecule has 0 spiro atoms. The first-order valence-electron chi connectivity index (χ1n) is 22.4. The predicted molar refractivity (Wildman–Crippen MR) is 219 cm³/mol. The second kappa shape index (κ2) is 21.2. The highest BCUT2D eigenvalue weighted by Gasteiger charge is 2.33. The summed E-state index contributed by atoms with van der Waals surface area (Å²) in [4.78, 5) is 0. The quantitative estimate of drug-likeness (QED) is 0.110. The lowest BCUT2D eigenvalue weighted by molar-refractivity contribution is 0.139. The van der Waals surface area contributed by atoms with Gasteiger partial charge in [0.05, 0.1) is 13.2 Å². The Labute approximate surface area is 322 Å². The minimum absolute atomic E-state index is 0.0963. The van der Waals surface area contributed by atoms with E-state index < -0.39 is 0 Å². The molecular formula is C50H72F2O. The fourth-order valence-electron chi connectivity index (χ4n) is 11.4. The number of benzene rings is 2. The molecule has 0 bridgehead atoms. The van der Waals surface area contributed by atoms with Crippen LogP contribution in [0.25, 0.3) is 0 Å². The summed E-state index contributed by atoms with van der Waals surface area (Å²) < 4.78 is 36.3. The maximum Gasteiger partial charge on any atom is 0.126 e. The number of ether oxygens (including phenoxy) is 1. The third-order valence-corrected chi connectivity index (χ3v) is 14.8. The van der Waals surface area contributed by atoms with Crippen molar-refractivity contribution in [3.63, 3.8) is 0 Å². The van der Waals surface area contributed by atoms with E-state index in [-0.39, 0.29) is 11.6 Å². The number of rotatable bonds is 18. The van der Waals surface area contributed by atoms with Gasteiger partial charge >= 0.3 is 0 Å². The summed E-state index contributed by atoms with van der Waals surface area (Å²) in [6.07, 6.45) is 34.3. The van der Waals surface area contributed by atoms with E-state index in [1.807, 2.05) is 12.1 Å². The van der Waals surface area contributed by atoms with Crippen molar-refractivity contribution in [2.45, 2.75) is 166 Å². The highest BCUT2D eigenvalue weighted by molar-refractivity contribution is 5.29. The molecule has 53 heavy (non-hydrogen) atoms. The zero-order valence-corrected chi connectivity index (χ0v) is 33.2. The van der Waals surface area contributed by atoms with Crippen molar-refractivity contribution in [2.24, 2.45) is 35.5 Å². The molecule has 6 rings (SSSR count). The summed E-state index contributed by atoms with van der Waals surface area (Å²) >= 11 is 0. The van der Waals surface area contributed by atoms with Crippen LogP contribution in [0.3, 0.4) is 0 Å². The molecule has 0 saturated heterocycles. The van der Waals surface area contributed by atoms with E-state index in [1.54, 1.807) is 12.1 Å². The molecule has 4 aliphatic carbocycles. The van der Waals surface area contributed by atoms with Gasteiger partial charge in [0, 0.05) is 0 Å². The van der Waals surface area contributed by atoms with Crippen molar-refractivity contribution < 1.29 is 13.5 Å². The van der Waals surface area contributed by atoms with Gasteiger partial charge in [-0.15, -0.1) is 13.2 Å². The Balaban J connectivity index is 0.850. The lowest BCUT2D eigenvalue weighted by Crippen LogP contribution is -2.25. The smallest absolute Gasteiger partial charge is 0.126 e. The number of halogens is 2. The second-order valence-electron chi connectivity index (χ2n) is 18.0. The van der Waals surface area contributed by atoms with Crippen molar-refractivity contribution >= 4 is 0 Å². The van der Waals surface area contributed by atoms with Crippen LogP contribution in [-0.2, 0) is 17.6 Å². The first kappa shape index (κ1) is 40.4. The maximum atomic E-state index is 15.2. The Morgan fingerprint density at radius 3 is 1.21 bits per heavy atom. The molecule has 4 fully saturated rings. The summed E-state index contributed by atoms with van der Waals surface area (Å²) in [5.41, 5.74) is 3.81. The normalized spacial score (nSPS) is 29.5. The van der Waals surface area contributed by atoms with Gasteiger partial charge in [-0.1, -0.05) is 74.9 Å². The number of hydrogen-bond donors (Lipinski definition) is 0. The highest BCUT2D eigenvalue weighted by Crippen LogP contribution is 2.46. The summed E-state index contributed by atoms with van der Waals surface area (Å²) in [6.45, 7) is 8.66. The Kier molecular flexibility index (Phi) is 16.1. The van der Waals surface area contributed by atoms with Gasteiger partial charge in [-0.25, -0.2) is 8.78 Å². The topological polar surface area (TPSA) is 9.23 Å². The molecule has 2 aromatic rings. The van der Waals surface area contributed by atoms with Crippen LogP contribution in [0.2, 0.25) is 0 Å². The van der Waals surface area contributed by atoms with Gasteiger partial charge in [-0.3, -0.25) is 0 Å². The lowest BCUT2D eigenvalue weighted by atomic mass is 9.68. The van der Waals surface area contributed by atoms with Crippen LogP contribution in [0.4, 0.5) is 8.78 Å². The first-order chi connectivity index (χ1) is 26.0. The van der Waals surface area contributed by atoms with Gasteiger partial charge in [-0.2, -0.15) is 0 Å². The van der Waals surface area contributed by atoms with Gasteiger partial charge in [0.25, 0.3) is 0 Å². The molecule has 0 amide bonds. The molecule has 1 nitrogen and oxygen atoms in total. The van der Waals surface area contributed by atoms with Crippen molar-refractivity contribution in [1.29, 1.82) is 0 Å². The minimum Gasteiger partial charge on any atom is -0.381 e. The monoisotopic (exact) mass is 727 g/mol. The molecule has 0 aliphatic heterocycles. The molecule has 0 radical (unpaired) electrons. The molecule has 0 atom stereocenters. The molecule has 292 valence electrons. The van der Waals surface area contributed by atoms with Gasteiger partial charge in [0.1, 0.15) is 11.6 Å². The SMILES string of the molecule is C=CCCCC1CCC(C2CCC(c3ccc(CCOCCc4ccc(C5CCC(C6CCC(CCCC=C)CC6)CC5)cc4F)c(F)c3)CC2)CC1. The predicted octanol–water partition coefficient (Wildman–Crippen LogP) is 14.6. The van der Waals surface area contributed by atoms with E-state index in [2.05, 4.69) is 37.4 Å². The molecule has 0 N–H and O–H groups in total. The van der Waals surface area contributed by atoms with Crippen LogP contribution in [0.1, 0.15) is 175 Å². The molecule has 4 aliphatic rings. The van der Waals surface area contributed by atoms with E-state index in [9.17, 15) is 0 Å². The zero-order chi connectivity index (χ0) is 36.8. The van der Waals surface area contributed by atoms with E-state index >= 15 is 8.78 Å². The van der Waals surface area contributed by atoms with Crippen LogP contribution in [0, 0.1) is 47.1 Å². The molecule has 2 aromatic carbocycles. The Morgan fingerprint density at radius 2 is 0.868 bits per heavy atom. The number of hydrogen-bond acceptors (Lipinski definition) is 1. The summed E-state index contributed by atoms with van der Waals surface area (Å²) in [5.74, 6) is 6.23. The van der Waals surface area contributed by atoms with Gasteiger partial charge in [-0.05, 0) is 197 Å². The van der Waals surface area contributed by atoms with Crippen LogP contribution in [0.5, 0.6) is 0 Å². The Bertz CT molecular complexity index is 1280. The molecule has 0 unspecified atom stereocenters. The lowest BCUT2D eigenvalue weighted by Gasteiger charge is -2.38. The average Bonchev–Trinajstić information content (AvgIpc) is 3.20. The fraction of sp³-hybridized carbons (Fsp3) is 0.680. The molecule has 0 heterocycles. The van der Waals surface area contributed by atoms with Crippen molar-refractivity contribution in [3.8, 4) is 0 Å². The summed E-state index contributed by atoms with van der Waals surface area (Å²) in [5, 5.41) is 0. The highest BCUT2D eigenvalue weighted by atomic mass is 19.1. The number of allylic oxidation sites excluding steroid dienone is 2. The first-order valence-corrected chi connectivity index (χ1v) is 22.4. The third-order valence-electron chi connectivity index (χ3n) is 14.8. The van der Waals surface area contributed by atoms with Crippen molar-refractivity contribution in [3.05, 3.63) is 95.6 Å². The Morgan fingerprint density at radius 1 is 0.509 bits per heavy atom. The van der Waals surface area contributed by atoms with Crippen LogP contribution in [-0.4, -0.2) is 13.2 Å². The van der Waals surface area contributed by atoms with E-state index in [1.165, 1.54) is 140 Å². The molecule has 4 saturated carbocycles. The molecule has 0 aromatic heterocycles. The van der Waals surface area contributed by atoms with Gasteiger partial charge in [0.15, 0.2) is 0 Å². The van der Waals surface area contributed by atoms with E-state index in [0.29, 0.717) is 37.9 Å². The fourth-order valence-corrected chi connectivity index (χ4v) is 11.4. The van der Waals surface area contributed by atoms with Crippen LogP contribution in [0.15, 0.2) is 61.7 Å². The van der Waals surface area contributed by atoms with Crippen LogP contribution >= 0.6 is 0 Å². The summed E-state index contributed by atoms with van der Waals surface area (Å²) in [6, 6.07) is 11.9. The molecule has 3 heteroatoms. The number of unbranched alkanes of at least 4 members (excludes halogenated alkanes) is 2. The van der Waals surface area contributed by atoms with Crippen molar-refractivity contribution in [1.82, 2.24) is 0 Å². The maximum absolute atomic E-state index is 15.2. The minimum atomic E-state index is -0.0963. The average molecular weight is 727 g/mol. The third kappa shape index (κ3) is 11.9. The van der Waals surface area contributed by atoms with Crippen molar-refractivity contribution in [2.75, 3.05) is 13.2 Å². The van der Waals surface area contributed by atoms with Gasteiger partial charge < -0.3 is 4.74 Å². The van der Waals surface area contributed by atoms with Gasteiger partial charge in [0.2, 0.25) is 0 Å². The second-order valence-corrected chi connectivity index (χ2v) is 18.0. The van der Waals surface area contributed by atoms with E-state index in [0.717, 1.165) is 59.5 Å². The van der Waals surface area contributed by atoms with E-state index in [4.69, 9.17) is 4.74 Å². The Hall–Kier alpha value is -2.26. The largest absolute Gasteiger partial charge is 0.381 e.